The van der Waals surface area contributed by atoms with Gasteiger partial charge in [-0.25, -0.2) is 0 Å². The molecule has 0 aromatic heterocycles. The maximum absolute atomic E-state index is 12.3. The van der Waals surface area contributed by atoms with Crippen molar-refractivity contribution in [2.45, 2.75) is 6.92 Å². The monoisotopic (exact) mass is 371 g/mol. The van der Waals surface area contributed by atoms with Gasteiger partial charge >= 0.3 is 0 Å². The Morgan fingerprint density at radius 2 is 1.64 bits per heavy atom. The molecule has 1 N–H and O–H groups in total. The van der Waals surface area contributed by atoms with Crippen LogP contribution in [0.4, 0.5) is 5.69 Å². The highest BCUT2D eigenvalue weighted by atomic mass is 35.5. The zero-order valence-corrected chi connectivity index (χ0v) is 14.9. The summed E-state index contributed by atoms with van der Waals surface area (Å²) in [5.74, 6) is 1.13. The Morgan fingerprint density at radius 3 is 2.36 bits per heavy atom. The van der Waals surface area contributed by atoms with Gasteiger partial charge in [0.05, 0.1) is 15.6 Å². The maximum Gasteiger partial charge on any atom is 0.257 e. The van der Waals surface area contributed by atoms with Crippen LogP contribution in [0.25, 0.3) is 0 Å². The van der Waals surface area contributed by atoms with Crippen LogP contribution in [0.5, 0.6) is 11.5 Å². The normalized spacial score (nSPS) is 10.4. The third-order valence-corrected chi connectivity index (χ3v) is 4.35. The summed E-state index contributed by atoms with van der Waals surface area (Å²) >= 11 is 12.0. The van der Waals surface area contributed by atoms with E-state index >= 15 is 0 Å². The number of benzene rings is 3. The Labute approximate surface area is 156 Å². The molecule has 0 saturated heterocycles. The van der Waals surface area contributed by atoms with Gasteiger partial charge in [0.25, 0.3) is 5.91 Å². The fraction of sp³-hybridized carbons (Fsp3) is 0.0500. The fourth-order valence-electron chi connectivity index (χ4n) is 2.30. The molecule has 0 unspecified atom stereocenters. The first-order valence-electron chi connectivity index (χ1n) is 7.63. The predicted octanol–water partition coefficient (Wildman–Crippen LogP) is 6.35. The van der Waals surface area contributed by atoms with Crippen LogP contribution in [-0.4, -0.2) is 5.91 Å². The fourth-order valence-corrected chi connectivity index (χ4v) is 2.69. The van der Waals surface area contributed by atoms with E-state index in [9.17, 15) is 4.79 Å². The topological polar surface area (TPSA) is 38.3 Å². The Morgan fingerprint density at radius 1 is 0.920 bits per heavy atom. The molecule has 0 aliphatic heterocycles. The van der Waals surface area contributed by atoms with Crippen molar-refractivity contribution in [2.75, 3.05) is 5.32 Å². The highest BCUT2D eigenvalue weighted by Gasteiger charge is 2.12. The van der Waals surface area contributed by atoms with Crippen molar-refractivity contribution in [3.8, 4) is 11.5 Å². The summed E-state index contributed by atoms with van der Waals surface area (Å²) < 4.78 is 5.79. The first-order chi connectivity index (χ1) is 12.0. The molecule has 0 bridgehead atoms. The van der Waals surface area contributed by atoms with Crippen LogP contribution in [0, 0.1) is 6.92 Å². The Bertz CT molecular complexity index is 908. The molecule has 3 aromatic carbocycles. The van der Waals surface area contributed by atoms with E-state index in [0.717, 1.165) is 11.3 Å². The molecule has 126 valence electrons. The number of ether oxygens (including phenoxy) is 1. The maximum atomic E-state index is 12.3. The van der Waals surface area contributed by atoms with Crippen molar-refractivity contribution < 1.29 is 9.53 Å². The van der Waals surface area contributed by atoms with E-state index in [0.29, 0.717) is 22.0 Å². The summed E-state index contributed by atoms with van der Waals surface area (Å²) in [5, 5.41) is 3.37. The van der Waals surface area contributed by atoms with Gasteiger partial charge in [0, 0.05) is 5.69 Å². The lowest BCUT2D eigenvalue weighted by molar-refractivity contribution is 0.102. The van der Waals surface area contributed by atoms with Crippen molar-refractivity contribution in [1.29, 1.82) is 0 Å². The number of carbonyl (C=O) groups is 1. The molecular formula is C20H15Cl2NO2. The largest absolute Gasteiger partial charge is 0.457 e. The second kappa shape index (κ2) is 7.60. The van der Waals surface area contributed by atoms with E-state index in [1.807, 2.05) is 31.2 Å². The molecular weight excluding hydrogens is 357 g/mol. The number of amides is 1. The number of rotatable bonds is 4. The molecule has 0 aliphatic carbocycles. The Hall–Kier alpha value is -2.49. The lowest BCUT2D eigenvalue weighted by Gasteiger charge is -2.09. The number of aryl methyl sites for hydroxylation is 1. The van der Waals surface area contributed by atoms with Gasteiger partial charge in [-0.15, -0.1) is 0 Å². The van der Waals surface area contributed by atoms with Gasteiger partial charge in [0.15, 0.2) is 0 Å². The van der Waals surface area contributed by atoms with Gasteiger partial charge in [0.1, 0.15) is 11.5 Å². The van der Waals surface area contributed by atoms with Gasteiger partial charge in [-0.1, -0.05) is 41.4 Å². The summed E-state index contributed by atoms with van der Waals surface area (Å²) in [4.78, 5) is 12.3. The minimum absolute atomic E-state index is 0.237. The first-order valence-corrected chi connectivity index (χ1v) is 8.38. The molecule has 0 fully saturated rings. The van der Waals surface area contributed by atoms with E-state index < -0.39 is 0 Å². The molecule has 0 heterocycles. The average Bonchev–Trinajstić information content (AvgIpc) is 2.59. The van der Waals surface area contributed by atoms with Crippen molar-refractivity contribution >= 4 is 34.8 Å². The van der Waals surface area contributed by atoms with Crippen LogP contribution >= 0.6 is 23.2 Å². The second-order valence-corrected chi connectivity index (χ2v) is 6.28. The molecule has 3 nitrogen and oxygen atoms in total. The van der Waals surface area contributed by atoms with Crippen LogP contribution in [0.2, 0.25) is 10.0 Å². The number of hydrogen-bond donors (Lipinski definition) is 1. The van der Waals surface area contributed by atoms with Crippen molar-refractivity contribution in [2.24, 2.45) is 0 Å². The minimum Gasteiger partial charge on any atom is -0.457 e. The summed E-state index contributed by atoms with van der Waals surface area (Å²) in [6.07, 6.45) is 0. The molecule has 0 saturated carbocycles. The van der Waals surface area contributed by atoms with E-state index in [1.54, 1.807) is 42.5 Å². The van der Waals surface area contributed by atoms with E-state index in [1.165, 1.54) is 0 Å². The lowest BCUT2D eigenvalue weighted by Crippen LogP contribution is -2.12. The van der Waals surface area contributed by atoms with Crippen molar-refractivity contribution in [3.63, 3.8) is 0 Å². The van der Waals surface area contributed by atoms with Crippen LogP contribution in [-0.2, 0) is 0 Å². The standard InChI is InChI=1S/C20H15Cl2NO2/c1-13-4-2-5-16(12-13)25-15-10-8-14(9-11-15)23-20(24)17-6-3-7-18(21)19(17)22/h2-12H,1H3,(H,23,24). The lowest BCUT2D eigenvalue weighted by atomic mass is 10.2. The quantitative estimate of drug-likeness (QED) is 0.580. The van der Waals surface area contributed by atoms with Crippen LogP contribution in [0.1, 0.15) is 15.9 Å². The molecule has 0 aliphatic rings. The smallest absolute Gasteiger partial charge is 0.257 e. The average molecular weight is 372 g/mol. The second-order valence-electron chi connectivity index (χ2n) is 5.50. The zero-order valence-electron chi connectivity index (χ0n) is 13.4. The molecule has 25 heavy (non-hydrogen) atoms. The van der Waals surface area contributed by atoms with Gasteiger partial charge in [0.2, 0.25) is 0 Å². The zero-order chi connectivity index (χ0) is 17.8. The van der Waals surface area contributed by atoms with E-state index in [4.69, 9.17) is 27.9 Å². The predicted molar refractivity (Wildman–Crippen MR) is 102 cm³/mol. The third-order valence-electron chi connectivity index (χ3n) is 3.53. The van der Waals surface area contributed by atoms with Crippen molar-refractivity contribution in [1.82, 2.24) is 0 Å². The minimum atomic E-state index is -0.320. The number of halogens is 2. The highest BCUT2D eigenvalue weighted by Crippen LogP contribution is 2.27. The summed E-state index contributed by atoms with van der Waals surface area (Å²) in [5.41, 5.74) is 2.09. The molecule has 0 atom stereocenters. The van der Waals surface area contributed by atoms with E-state index in [-0.39, 0.29) is 10.9 Å². The van der Waals surface area contributed by atoms with Crippen LogP contribution < -0.4 is 10.1 Å². The van der Waals surface area contributed by atoms with Gasteiger partial charge in [-0.05, 0) is 61.0 Å². The SMILES string of the molecule is Cc1cccc(Oc2ccc(NC(=O)c3cccc(Cl)c3Cl)cc2)c1. The van der Waals surface area contributed by atoms with Crippen molar-refractivity contribution in [3.05, 3.63) is 87.9 Å². The molecule has 0 spiro atoms. The van der Waals surface area contributed by atoms with Gasteiger partial charge in [-0.3, -0.25) is 4.79 Å². The van der Waals surface area contributed by atoms with Crippen LogP contribution in [0.15, 0.2) is 66.7 Å². The molecule has 1 amide bonds. The van der Waals surface area contributed by atoms with E-state index in [2.05, 4.69) is 5.32 Å². The number of anilines is 1. The summed E-state index contributed by atoms with van der Waals surface area (Å²) in [6.45, 7) is 2.01. The third kappa shape index (κ3) is 4.32. The highest BCUT2D eigenvalue weighted by molar-refractivity contribution is 6.44. The Balaban J connectivity index is 1.70. The first kappa shape index (κ1) is 17.3. The van der Waals surface area contributed by atoms with Gasteiger partial charge in [-0.2, -0.15) is 0 Å². The number of hydrogen-bond acceptors (Lipinski definition) is 2. The number of carbonyl (C=O) groups excluding carboxylic acids is 1. The summed E-state index contributed by atoms with van der Waals surface area (Å²) in [7, 11) is 0. The summed E-state index contributed by atoms with van der Waals surface area (Å²) in [6, 6.07) is 19.8. The molecule has 0 radical (unpaired) electrons. The molecule has 3 aromatic rings. The molecule has 3 rings (SSSR count). The van der Waals surface area contributed by atoms with Gasteiger partial charge < -0.3 is 10.1 Å². The van der Waals surface area contributed by atoms with Crippen LogP contribution in [0.3, 0.4) is 0 Å². The number of nitrogens with one attached hydrogen (secondary N) is 1. The Kier molecular flexibility index (Phi) is 5.27. The molecule has 5 heteroatoms.